The molecule has 8 nitrogen and oxygen atoms in total. The van der Waals surface area contributed by atoms with E-state index in [0.717, 1.165) is 11.1 Å². The van der Waals surface area contributed by atoms with Crippen molar-refractivity contribution in [2.24, 2.45) is 0 Å². The van der Waals surface area contributed by atoms with Crippen LogP contribution in [0.2, 0.25) is 0 Å². The standard InChI is InChI=1S/C26H28N2O6S/c1-18-5-9-21(10-6-18)27-26(30)20(3)34-25(29)17-33-23-13-11-22(12-14-23)28(4)35(31,32)24-15-7-19(2)8-16-24/h5-16,20H,17H2,1-4H3,(H,27,30)/t20-/m0/s1. The fourth-order valence-corrected chi connectivity index (χ4v) is 4.26. The number of esters is 1. The van der Waals surface area contributed by atoms with Crippen molar-refractivity contribution in [2.75, 3.05) is 23.3 Å². The van der Waals surface area contributed by atoms with Crippen LogP contribution in [0.3, 0.4) is 0 Å². The molecule has 0 radical (unpaired) electrons. The van der Waals surface area contributed by atoms with Crippen molar-refractivity contribution in [3.8, 4) is 5.75 Å². The van der Waals surface area contributed by atoms with Gasteiger partial charge in [0.2, 0.25) is 0 Å². The molecular weight excluding hydrogens is 468 g/mol. The van der Waals surface area contributed by atoms with Crippen LogP contribution in [0.4, 0.5) is 11.4 Å². The average molecular weight is 497 g/mol. The van der Waals surface area contributed by atoms with Gasteiger partial charge in [0.1, 0.15) is 5.75 Å². The summed E-state index contributed by atoms with van der Waals surface area (Å²) in [5.74, 6) is -0.812. The van der Waals surface area contributed by atoms with Crippen molar-refractivity contribution in [2.45, 2.75) is 31.8 Å². The second kappa shape index (κ2) is 11.1. The third-order valence-corrected chi connectivity index (χ3v) is 7.03. The van der Waals surface area contributed by atoms with Crippen LogP contribution in [0, 0.1) is 13.8 Å². The van der Waals surface area contributed by atoms with Crippen LogP contribution in [-0.2, 0) is 24.3 Å². The molecule has 1 amide bonds. The Bertz CT molecular complexity index is 1270. The first-order chi connectivity index (χ1) is 16.6. The number of amides is 1. The molecule has 0 aliphatic rings. The predicted molar refractivity (Wildman–Crippen MR) is 134 cm³/mol. The number of nitrogens with zero attached hydrogens (tertiary/aromatic N) is 1. The van der Waals surface area contributed by atoms with E-state index in [0.29, 0.717) is 17.1 Å². The molecule has 0 aromatic heterocycles. The molecular formula is C26H28N2O6S. The molecule has 1 N–H and O–H groups in total. The van der Waals surface area contributed by atoms with Crippen molar-refractivity contribution < 1.29 is 27.5 Å². The Morgan fingerprint density at radius 2 is 1.43 bits per heavy atom. The molecule has 35 heavy (non-hydrogen) atoms. The highest BCUT2D eigenvalue weighted by atomic mass is 32.2. The maximum Gasteiger partial charge on any atom is 0.344 e. The van der Waals surface area contributed by atoms with E-state index in [9.17, 15) is 18.0 Å². The van der Waals surface area contributed by atoms with Crippen molar-refractivity contribution in [1.29, 1.82) is 0 Å². The van der Waals surface area contributed by atoms with Crippen LogP contribution in [0.5, 0.6) is 5.75 Å². The monoisotopic (exact) mass is 496 g/mol. The number of benzene rings is 3. The smallest absolute Gasteiger partial charge is 0.344 e. The topological polar surface area (TPSA) is 102 Å². The van der Waals surface area contributed by atoms with Crippen LogP contribution in [0.25, 0.3) is 0 Å². The minimum atomic E-state index is -3.71. The third-order valence-electron chi connectivity index (χ3n) is 5.23. The number of carbonyl (C=O) groups excluding carboxylic acids is 2. The van der Waals surface area contributed by atoms with Gasteiger partial charge in [-0.2, -0.15) is 0 Å². The quantitative estimate of drug-likeness (QED) is 0.448. The summed E-state index contributed by atoms with van der Waals surface area (Å²) >= 11 is 0. The summed E-state index contributed by atoms with van der Waals surface area (Å²) in [5.41, 5.74) is 3.07. The van der Waals surface area contributed by atoms with Crippen LogP contribution >= 0.6 is 0 Å². The minimum Gasteiger partial charge on any atom is -0.482 e. The number of carbonyl (C=O) groups is 2. The Morgan fingerprint density at radius 3 is 2.00 bits per heavy atom. The molecule has 0 heterocycles. The first-order valence-electron chi connectivity index (χ1n) is 10.9. The lowest BCUT2D eigenvalue weighted by Gasteiger charge is -2.20. The number of aryl methyl sites for hydroxylation is 2. The lowest BCUT2D eigenvalue weighted by molar-refractivity contribution is -0.155. The summed E-state index contributed by atoms with van der Waals surface area (Å²) in [5, 5.41) is 2.68. The van der Waals surface area contributed by atoms with E-state index in [-0.39, 0.29) is 4.90 Å². The Hall–Kier alpha value is -3.85. The Morgan fingerprint density at radius 1 is 0.886 bits per heavy atom. The number of ether oxygens (including phenoxy) is 2. The van der Waals surface area contributed by atoms with E-state index >= 15 is 0 Å². The zero-order chi connectivity index (χ0) is 25.6. The largest absolute Gasteiger partial charge is 0.482 e. The number of anilines is 2. The van der Waals surface area contributed by atoms with Crippen LogP contribution < -0.4 is 14.4 Å². The molecule has 0 saturated heterocycles. The molecule has 1 atom stereocenters. The highest BCUT2D eigenvalue weighted by Gasteiger charge is 2.21. The number of rotatable bonds is 9. The van der Waals surface area contributed by atoms with Gasteiger partial charge in [0.05, 0.1) is 10.6 Å². The molecule has 184 valence electrons. The summed E-state index contributed by atoms with van der Waals surface area (Å²) in [6, 6.07) is 20.1. The molecule has 9 heteroatoms. The van der Waals surface area contributed by atoms with Crippen molar-refractivity contribution >= 4 is 33.3 Å². The minimum absolute atomic E-state index is 0.189. The number of nitrogens with one attached hydrogen (secondary N) is 1. The van der Waals surface area contributed by atoms with E-state index in [2.05, 4.69) is 5.32 Å². The normalized spacial score (nSPS) is 11.9. The zero-order valence-electron chi connectivity index (χ0n) is 20.0. The van der Waals surface area contributed by atoms with Crippen molar-refractivity contribution in [1.82, 2.24) is 0 Å². The number of sulfonamides is 1. The van der Waals surface area contributed by atoms with Crippen molar-refractivity contribution in [3.05, 3.63) is 83.9 Å². The maximum atomic E-state index is 12.8. The number of hydrogen-bond acceptors (Lipinski definition) is 6. The highest BCUT2D eigenvalue weighted by molar-refractivity contribution is 7.92. The molecule has 0 aliphatic heterocycles. The molecule has 3 aromatic rings. The van der Waals surface area contributed by atoms with Gasteiger partial charge >= 0.3 is 5.97 Å². The van der Waals surface area contributed by atoms with Gasteiger partial charge in [0, 0.05) is 12.7 Å². The summed E-state index contributed by atoms with van der Waals surface area (Å²) in [6.07, 6.45) is -1.00. The second-order valence-electron chi connectivity index (χ2n) is 8.06. The van der Waals surface area contributed by atoms with Crippen LogP contribution in [0.15, 0.2) is 77.7 Å². The molecule has 0 unspecified atom stereocenters. The van der Waals surface area contributed by atoms with Gasteiger partial charge in [-0.3, -0.25) is 9.10 Å². The van der Waals surface area contributed by atoms with Gasteiger partial charge in [-0.05, 0) is 69.3 Å². The average Bonchev–Trinajstić information content (AvgIpc) is 2.84. The fraction of sp³-hybridized carbons (Fsp3) is 0.231. The molecule has 0 fully saturated rings. The summed E-state index contributed by atoms with van der Waals surface area (Å²) < 4.78 is 37.4. The Labute approximate surface area is 205 Å². The molecule has 3 rings (SSSR count). The van der Waals surface area contributed by atoms with E-state index in [4.69, 9.17) is 9.47 Å². The summed E-state index contributed by atoms with van der Waals surface area (Å²) in [6.45, 7) is 4.89. The molecule has 0 aliphatic carbocycles. The van der Waals surface area contributed by atoms with Gasteiger partial charge in [-0.15, -0.1) is 0 Å². The van der Waals surface area contributed by atoms with Crippen molar-refractivity contribution in [3.63, 3.8) is 0 Å². The van der Waals surface area contributed by atoms with E-state index < -0.39 is 34.6 Å². The third kappa shape index (κ3) is 6.83. The molecule has 0 spiro atoms. The van der Waals surface area contributed by atoms with Crippen LogP contribution in [-0.4, -0.2) is 40.1 Å². The molecule has 3 aromatic carbocycles. The van der Waals surface area contributed by atoms with Crippen LogP contribution in [0.1, 0.15) is 18.1 Å². The Kier molecular flexibility index (Phi) is 8.14. The van der Waals surface area contributed by atoms with Gasteiger partial charge in [-0.25, -0.2) is 13.2 Å². The van der Waals surface area contributed by atoms with Gasteiger partial charge in [0.25, 0.3) is 15.9 Å². The second-order valence-corrected chi connectivity index (χ2v) is 10.0. The number of hydrogen-bond donors (Lipinski definition) is 1. The maximum absolute atomic E-state index is 12.8. The van der Waals surface area contributed by atoms with Gasteiger partial charge in [0.15, 0.2) is 12.7 Å². The first kappa shape index (κ1) is 25.8. The van der Waals surface area contributed by atoms with Gasteiger partial charge < -0.3 is 14.8 Å². The summed E-state index contributed by atoms with van der Waals surface area (Å²) in [7, 11) is -2.25. The molecule has 0 saturated carbocycles. The van der Waals surface area contributed by atoms with E-state index in [1.165, 1.54) is 18.3 Å². The van der Waals surface area contributed by atoms with Gasteiger partial charge in [-0.1, -0.05) is 35.4 Å². The first-order valence-corrected chi connectivity index (χ1v) is 12.4. The van der Waals surface area contributed by atoms with E-state index in [1.807, 2.05) is 26.0 Å². The zero-order valence-corrected chi connectivity index (χ0v) is 20.8. The lowest BCUT2D eigenvalue weighted by Crippen LogP contribution is -2.31. The Balaban J connectivity index is 1.52. The SMILES string of the molecule is Cc1ccc(NC(=O)[C@H](C)OC(=O)COc2ccc(N(C)S(=O)(=O)c3ccc(C)cc3)cc2)cc1. The highest BCUT2D eigenvalue weighted by Crippen LogP contribution is 2.24. The molecule has 0 bridgehead atoms. The van der Waals surface area contributed by atoms with E-state index in [1.54, 1.807) is 60.7 Å². The lowest BCUT2D eigenvalue weighted by atomic mass is 10.2. The predicted octanol–water partition coefficient (Wildman–Crippen LogP) is 4.08. The fourth-order valence-electron chi connectivity index (χ4n) is 3.07. The summed E-state index contributed by atoms with van der Waals surface area (Å²) in [4.78, 5) is 24.5.